The molecular formula is C22H30N4O2. The number of methoxy groups -OCH3 is 1. The largest absolute Gasteiger partial charge is 0.496 e. The van der Waals surface area contributed by atoms with Crippen LogP contribution in [0.4, 0.5) is 0 Å². The van der Waals surface area contributed by atoms with Crippen LogP contribution in [0.1, 0.15) is 63.8 Å². The van der Waals surface area contributed by atoms with Gasteiger partial charge >= 0.3 is 0 Å². The molecule has 0 N–H and O–H groups in total. The zero-order valence-electron chi connectivity index (χ0n) is 17.3. The summed E-state index contributed by atoms with van der Waals surface area (Å²) in [6, 6.07) is 8.73. The predicted molar refractivity (Wildman–Crippen MR) is 107 cm³/mol. The van der Waals surface area contributed by atoms with E-state index in [1.807, 2.05) is 28.9 Å². The Morgan fingerprint density at radius 1 is 1.14 bits per heavy atom. The summed E-state index contributed by atoms with van der Waals surface area (Å²) in [4.78, 5) is 15.3. The molecule has 6 heteroatoms. The predicted octanol–water partition coefficient (Wildman–Crippen LogP) is 3.52. The maximum Gasteiger partial charge on any atom is 0.227 e. The molecule has 150 valence electrons. The van der Waals surface area contributed by atoms with Crippen molar-refractivity contribution in [1.29, 1.82) is 0 Å². The molecule has 1 aromatic heterocycles. The van der Waals surface area contributed by atoms with E-state index in [1.54, 1.807) is 7.11 Å². The second-order valence-corrected chi connectivity index (χ2v) is 9.13. The smallest absolute Gasteiger partial charge is 0.227 e. The van der Waals surface area contributed by atoms with Crippen molar-refractivity contribution in [3.8, 4) is 5.75 Å². The average Bonchev–Trinajstić information content (AvgIpc) is 3.25. The maximum atomic E-state index is 13.1. The number of fused-ring (bicyclic) bond motifs is 2. The molecule has 2 fully saturated rings. The van der Waals surface area contributed by atoms with Crippen LogP contribution in [-0.4, -0.2) is 45.0 Å². The molecule has 2 unspecified atom stereocenters. The molecule has 0 spiro atoms. The molecule has 28 heavy (non-hydrogen) atoms. The number of carbonyl (C=O) groups is 1. The van der Waals surface area contributed by atoms with Crippen LogP contribution in [0.25, 0.3) is 0 Å². The van der Waals surface area contributed by atoms with E-state index < -0.39 is 0 Å². The van der Waals surface area contributed by atoms with Gasteiger partial charge in [-0.1, -0.05) is 44.2 Å². The molecule has 2 atom stereocenters. The zero-order valence-corrected chi connectivity index (χ0v) is 17.3. The quantitative estimate of drug-likeness (QED) is 0.812. The number of hydrogen-bond donors (Lipinski definition) is 0. The minimum absolute atomic E-state index is 0.00262. The van der Waals surface area contributed by atoms with Gasteiger partial charge in [0.1, 0.15) is 5.75 Å². The number of aromatic nitrogens is 3. The number of hydrogen-bond acceptors (Lipinski definition) is 4. The minimum atomic E-state index is 0.00262. The lowest BCUT2D eigenvalue weighted by Crippen LogP contribution is -2.47. The Kier molecular flexibility index (Phi) is 4.89. The van der Waals surface area contributed by atoms with E-state index in [1.165, 1.54) is 0 Å². The Labute approximate surface area is 166 Å². The molecule has 2 aliphatic heterocycles. The fourth-order valence-corrected chi connectivity index (χ4v) is 4.67. The van der Waals surface area contributed by atoms with Crippen molar-refractivity contribution < 1.29 is 9.53 Å². The molecule has 1 amide bonds. The molecule has 2 aliphatic rings. The number of piperidine rings is 1. The van der Waals surface area contributed by atoms with Crippen molar-refractivity contribution in [2.75, 3.05) is 7.11 Å². The highest BCUT2D eigenvalue weighted by molar-refractivity contribution is 5.80. The zero-order chi connectivity index (χ0) is 19.9. The lowest BCUT2D eigenvalue weighted by Gasteiger charge is -2.39. The first-order valence-corrected chi connectivity index (χ1v) is 10.2. The van der Waals surface area contributed by atoms with Crippen molar-refractivity contribution in [3.63, 3.8) is 0 Å². The minimum Gasteiger partial charge on any atom is -0.496 e. The summed E-state index contributed by atoms with van der Waals surface area (Å²) >= 11 is 0. The van der Waals surface area contributed by atoms with Crippen LogP contribution in [0.2, 0.25) is 0 Å². The topological polar surface area (TPSA) is 60.2 Å². The number of rotatable bonds is 4. The third kappa shape index (κ3) is 3.52. The molecule has 0 radical (unpaired) electrons. The summed E-state index contributed by atoms with van der Waals surface area (Å²) < 4.78 is 7.45. The molecule has 4 rings (SSSR count). The monoisotopic (exact) mass is 382 g/mol. The van der Waals surface area contributed by atoms with E-state index >= 15 is 0 Å². The summed E-state index contributed by atoms with van der Waals surface area (Å²) in [6.07, 6.45) is 6.58. The highest BCUT2D eigenvalue weighted by Crippen LogP contribution is 2.41. The van der Waals surface area contributed by atoms with Gasteiger partial charge < -0.3 is 9.64 Å². The van der Waals surface area contributed by atoms with E-state index in [2.05, 4.69) is 42.2 Å². The van der Waals surface area contributed by atoms with Gasteiger partial charge in [0.2, 0.25) is 5.91 Å². The number of amides is 1. The molecule has 0 saturated carbocycles. The van der Waals surface area contributed by atoms with Gasteiger partial charge in [-0.2, -0.15) is 0 Å². The average molecular weight is 383 g/mol. The SMILES string of the molecule is COc1ccccc1CC(=O)N1C2CCC1CC(n1cc(C(C)(C)C)nn1)C2. The Balaban J connectivity index is 1.47. The van der Waals surface area contributed by atoms with Crippen LogP contribution in [0, 0.1) is 0 Å². The van der Waals surface area contributed by atoms with Gasteiger partial charge in [0, 0.05) is 29.3 Å². The molecule has 6 nitrogen and oxygen atoms in total. The van der Waals surface area contributed by atoms with Gasteiger partial charge in [-0.15, -0.1) is 5.10 Å². The fraction of sp³-hybridized carbons (Fsp3) is 0.591. The van der Waals surface area contributed by atoms with Gasteiger partial charge in [-0.3, -0.25) is 4.79 Å². The first-order valence-electron chi connectivity index (χ1n) is 10.2. The molecule has 2 aromatic rings. The number of ether oxygens (including phenoxy) is 1. The van der Waals surface area contributed by atoms with E-state index in [-0.39, 0.29) is 11.3 Å². The highest BCUT2D eigenvalue weighted by Gasteiger charge is 2.44. The van der Waals surface area contributed by atoms with Crippen LogP contribution in [0.3, 0.4) is 0 Å². The number of benzene rings is 1. The lowest BCUT2D eigenvalue weighted by molar-refractivity contribution is -0.135. The Morgan fingerprint density at radius 3 is 2.43 bits per heavy atom. The van der Waals surface area contributed by atoms with Gasteiger partial charge in [0.25, 0.3) is 0 Å². The molecule has 2 bridgehead atoms. The first kappa shape index (κ1) is 19.0. The van der Waals surface area contributed by atoms with Crippen molar-refractivity contribution >= 4 is 5.91 Å². The third-order valence-corrected chi connectivity index (χ3v) is 6.18. The third-order valence-electron chi connectivity index (χ3n) is 6.18. The molecule has 0 aliphatic carbocycles. The number of para-hydroxylation sites is 1. The summed E-state index contributed by atoms with van der Waals surface area (Å²) in [5.41, 5.74) is 1.99. The van der Waals surface area contributed by atoms with E-state index in [9.17, 15) is 4.79 Å². The standard InChI is InChI=1S/C22H30N4O2/c1-22(2,3)20-14-25(24-23-20)18-12-16-9-10-17(13-18)26(16)21(27)11-15-7-5-6-8-19(15)28-4/h5-8,14,16-18H,9-13H2,1-4H3. The lowest BCUT2D eigenvalue weighted by atomic mass is 9.92. The van der Waals surface area contributed by atoms with Crippen molar-refractivity contribution in [1.82, 2.24) is 19.9 Å². The highest BCUT2D eigenvalue weighted by atomic mass is 16.5. The Hall–Kier alpha value is -2.37. The molecule has 1 aromatic carbocycles. The van der Waals surface area contributed by atoms with Crippen molar-refractivity contribution in [2.24, 2.45) is 0 Å². The van der Waals surface area contributed by atoms with Crippen LogP contribution in [0.5, 0.6) is 5.75 Å². The summed E-state index contributed by atoms with van der Waals surface area (Å²) in [6.45, 7) is 6.47. The fourth-order valence-electron chi connectivity index (χ4n) is 4.67. The van der Waals surface area contributed by atoms with Crippen LogP contribution >= 0.6 is 0 Å². The number of nitrogens with zero attached hydrogens (tertiary/aromatic N) is 4. The van der Waals surface area contributed by atoms with Crippen LogP contribution < -0.4 is 4.74 Å². The van der Waals surface area contributed by atoms with Crippen LogP contribution in [-0.2, 0) is 16.6 Å². The molecular weight excluding hydrogens is 352 g/mol. The summed E-state index contributed by atoms with van der Waals surface area (Å²) in [7, 11) is 1.66. The number of carbonyl (C=O) groups excluding carboxylic acids is 1. The van der Waals surface area contributed by atoms with Gasteiger partial charge in [0.05, 0.1) is 25.3 Å². The summed E-state index contributed by atoms with van der Waals surface area (Å²) in [5.74, 6) is 1.000. The van der Waals surface area contributed by atoms with Crippen molar-refractivity contribution in [3.05, 3.63) is 41.7 Å². The van der Waals surface area contributed by atoms with Crippen LogP contribution in [0.15, 0.2) is 30.5 Å². The second-order valence-electron chi connectivity index (χ2n) is 9.13. The Bertz CT molecular complexity index is 840. The van der Waals surface area contributed by atoms with E-state index in [0.29, 0.717) is 24.5 Å². The maximum absolute atomic E-state index is 13.1. The molecule has 3 heterocycles. The van der Waals surface area contributed by atoms with E-state index in [4.69, 9.17) is 4.74 Å². The normalized spacial score (nSPS) is 24.4. The summed E-state index contributed by atoms with van der Waals surface area (Å²) in [5, 5.41) is 8.79. The van der Waals surface area contributed by atoms with E-state index in [0.717, 1.165) is 42.7 Å². The molecule has 2 saturated heterocycles. The Morgan fingerprint density at radius 2 is 1.82 bits per heavy atom. The van der Waals surface area contributed by atoms with Gasteiger partial charge in [-0.25, -0.2) is 4.68 Å². The van der Waals surface area contributed by atoms with Gasteiger partial charge in [-0.05, 0) is 31.7 Å². The first-order chi connectivity index (χ1) is 13.4. The second kappa shape index (κ2) is 7.22. The van der Waals surface area contributed by atoms with Gasteiger partial charge in [0.15, 0.2) is 0 Å². The van der Waals surface area contributed by atoms with Crippen molar-refractivity contribution in [2.45, 2.75) is 76.4 Å².